The molecule has 2 heterocycles. The first-order valence-electron chi connectivity index (χ1n) is 15.5. The maximum absolute atomic E-state index is 14.5. The highest BCUT2D eigenvalue weighted by atomic mass is 28.3. The van der Waals surface area contributed by atoms with Crippen LogP contribution in [0.2, 0.25) is 13.1 Å². The summed E-state index contributed by atoms with van der Waals surface area (Å²) in [5, 5.41) is 9.67. The Bertz CT molecular complexity index is 1570. The van der Waals surface area contributed by atoms with Crippen LogP contribution >= 0.6 is 0 Å². The van der Waals surface area contributed by atoms with Crippen molar-refractivity contribution in [2.75, 3.05) is 12.0 Å². The predicted octanol–water partition coefficient (Wildman–Crippen LogP) is 6.56. The van der Waals surface area contributed by atoms with Crippen LogP contribution in [0.4, 0.5) is 10.6 Å². The number of carboxylic acids is 1. The number of carbonyl (C=O) groups excluding carboxylic acids is 2. The maximum Gasteiger partial charge on any atom is 0.416 e. The van der Waals surface area contributed by atoms with E-state index in [0.29, 0.717) is 17.1 Å². The second-order valence-corrected chi connectivity index (χ2v) is 16.9. The Hall–Kier alpha value is -4.18. The lowest BCUT2D eigenvalue weighted by Gasteiger charge is -2.68. The average molecular weight is 645 g/mol. The smallest absolute Gasteiger partial charge is 0.416 e. The molecule has 2 aromatic carbocycles. The fourth-order valence-corrected chi connectivity index (χ4v) is 9.21. The molecule has 46 heavy (non-hydrogen) atoms. The van der Waals surface area contributed by atoms with Gasteiger partial charge in [-0.1, -0.05) is 55.6 Å². The summed E-state index contributed by atoms with van der Waals surface area (Å²) in [6.45, 7) is 15.2. The number of rotatable bonds is 10. The van der Waals surface area contributed by atoms with Crippen LogP contribution in [0.3, 0.4) is 0 Å². The van der Waals surface area contributed by atoms with Crippen LogP contribution in [-0.2, 0) is 33.7 Å². The Labute approximate surface area is 274 Å². The molecule has 0 bridgehead atoms. The van der Waals surface area contributed by atoms with Crippen molar-refractivity contribution in [1.29, 1.82) is 0 Å². The zero-order valence-electron chi connectivity index (χ0n) is 28.4. The Morgan fingerprint density at radius 3 is 2.04 bits per heavy atom. The normalized spacial score (nSPS) is 19.9. The van der Waals surface area contributed by atoms with Gasteiger partial charge in [0.1, 0.15) is 22.3 Å². The molecule has 3 aromatic rings. The second-order valence-electron chi connectivity index (χ2n) is 14.2. The van der Waals surface area contributed by atoms with Crippen molar-refractivity contribution >= 4 is 32.6 Å². The lowest BCUT2D eigenvalue weighted by molar-refractivity contribution is -0.205. The number of β-lactam (4-membered cyclic amide) rings is 1. The molecule has 10 heteroatoms. The lowest BCUT2D eigenvalue weighted by Crippen LogP contribution is -2.89. The first kappa shape index (κ1) is 34.7. The Morgan fingerprint density at radius 1 is 0.913 bits per heavy atom. The van der Waals surface area contributed by atoms with E-state index >= 15 is 0 Å². The first-order chi connectivity index (χ1) is 21.5. The zero-order chi connectivity index (χ0) is 34.1. The summed E-state index contributed by atoms with van der Waals surface area (Å²) in [7, 11) is -0.0593. The Kier molecular flexibility index (Phi) is 9.73. The molecular weight excluding hydrogens is 598 g/mol. The van der Waals surface area contributed by atoms with Crippen LogP contribution in [0.15, 0.2) is 72.9 Å². The Balaban J connectivity index is 1.84. The van der Waals surface area contributed by atoms with Crippen LogP contribution in [0.5, 0.6) is 5.75 Å². The molecule has 1 aliphatic rings. The van der Waals surface area contributed by atoms with E-state index in [4.69, 9.17) is 9.47 Å². The number of aromatic nitrogens is 1. The number of ether oxygens (including phenoxy) is 2. The average Bonchev–Trinajstić information content (AvgIpc) is 2.96. The van der Waals surface area contributed by atoms with E-state index in [-0.39, 0.29) is 25.3 Å². The molecule has 1 saturated heterocycles. The summed E-state index contributed by atoms with van der Waals surface area (Å²) >= 11 is 0. The predicted molar refractivity (Wildman–Crippen MR) is 180 cm³/mol. The Morgan fingerprint density at radius 2 is 1.52 bits per heavy atom. The number of benzene rings is 2. The molecule has 245 valence electrons. The van der Waals surface area contributed by atoms with E-state index in [2.05, 4.69) is 4.98 Å². The molecule has 2 atom stereocenters. The van der Waals surface area contributed by atoms with Gasteiger partial charge in [-0.15, -0.1) is 0 Å². The van der Waals surface area contributed by atoms with Crippen molar-refractivity contribution in [3.05, 3.63) is 89.6 Å². The number of pyridine rings is 1. The molecule has 1 aliphatic heterocycles. The number of hydrogen-bond acceptors (Lipinski definition) is 6. The summed E-state index contributed by atoms with van der Waals surface area (Å²) in [4.78, 5) is 49.2. The largest absolute Gasteiger partial charge is 0.497 e. The van der Waals surface area contributed by atoms with E-state index in [1.165, 1.54) is 4.90 Å². The molecule has 1 N–H and O–H groups in total. The fraction of sp³-hybridized carbons (Fsp3) is 0.444. The molecule has 1 radical (unpaired) electrons. The van der Waals surface area contributed by atoms with Crippen LogP contribution in [-0.4, -0.2) is 65.2 Å². The van der Waals surface area contributed by atoms with Gasteiger partial charge in [-0.2, -0.15) is 0 Å². The van der Waals surface area contributed by atoms with E-state index in [9.17, 15) is 19.5 Å². The molecule has 0 unspecified atom stereocenters. The van der Waals surface area contributed by atoms with E-state index < -0.39 is 42.6 Å². The molecule has 1 fully saturated rings. The second kappa shape index (κ2) is 12.9. The van der Waals surface area contributed by atoms with Crippen molar-refractivity contribution in [3.8, 4) is 5.75 Å². The number of amides is 2. The topological polar surface area (TPSA) is 109 Å². The quantitative estimate of drug-likeness (QED) is 0.197. The van der Waals surface area contributed by atoms with Crippen LogP contribution in [0, 0.1) is 5.41 Å². The van der Waals surface area contributed by atoms with Crippen LogP contribution in [0.25, 0.3) is 0 Å². The molecule has 1 aromatic heterocycles. The summed E-state index contributed by atoms with van der Waals surface area (Å²) in [5.74, 6) is -0.129. The van der Waals surface area contributed by atoms with Crippen molar-refractivity contribution in [3.63, 3.8) is 0 Å². The van der Waals surface area contributed by atoms with E-state index in [1.54, 1.807) is 51.1 Å². The third-order valence-corrected chi connectivity index (χ3v) is 10.8. The number of aliphatic carboxylic acids is 1. The van der Waals surface area contributed by atoms with Gasteiger partial charge < -0.3 is 19.5 Å². The number of hydrogen-bond donors (Lipinski definition) is 1. The highest BCUT2D eigenvalue weighted by Crippen LogP contribution is 2.57. The van der Waals surface area contributed by atoms with Crippen LogP contribution < -0.4 is 9.64 Å². The molecule has 9 nitrogen and oxygen atoms in total. The van der Waals surface area contributed by atoms with Gasteiger partial charge in [0.15, 0.2) is 0 Å². The highest BCUT2D eigenvalue weighted by Gasteiger charge is 2.77. The van der Waals surface area contributed by atoms with Crippen LogP contribution in [0.1, 0.15) is 58.2 Å². The number of anilines is 1. The summed E-state index contributed by atoms with van der Waals surface area (Å²) in [6, 6.07) is 20.6. The summed E-state index contributed by atoms with van der Waals surface area (Å²) in [5.41, 5.74) is -0.266. The van der Waals surface area contributed by atoms with Crippen molar-refractivity contribution in [2.45, 2.75) is 90.3 Å². The minimum Gasteiger partial charge on any atom is -0.497 e. The number of likely N-dealkylation sites (tertiary alicyclic amines) is 1. The zero-order valence-corrected chi connectivity index (χ0v) is 29.4. The molecule has 0 spiro atoms. The van der Waals surface area contributed by atoms with Gasteiger partial charge in [0, 0.05) is 11.7 Å². The van der Waals surface area contributed by atoms with Crippen molar-refractivity contribution < 1.29 is 29.0 Å². The summed E-state index contributed by atoms with van der Waals surface area (Å²) in [6.07, 6.45) is 1.46. The minimum atomic E-state index is -1.65. The SMILES string of the molecule is COc1ccc(CN(C(=O)OC(C)(C)C)c2cc(C[C@]3(Cc4ccccc4)C(=O)N(C(C)(C)C)[C@]3(C(=O)O)[Si](C)C)ccn2)cc1. The lowest BCUT2D eigenvalue weighted by atomic mass is 9.61. The van der Waals surface area contributed by atoms with Gasteiger partial charge in [-0.05, 0) is 95.3 Å². The van der Waals surface area contributed by atoms with Gasteiger partial charge in [-0.25, -0.2) is 14.6 Å². The molecule has 4 rings (SSSR count). The molecule has 2 amide bonds. The molecular formula is C36H46N3O6Si. The third-order valence-electron chi connectivity index (χ3n) is 8.40. The number of methoxy groups -OCH3 is 1. The molecule has 0 saturated carbocycles. The summed E-state index contributed by atoms with van der Waals surface area (Å²) < 4.78 is 11.1. The van der Waals surface area contributed by atoms with Gasteiger partial charge in [0.25, 0.3) is 0 Å². The minimum absolute atomic E-state index is 0.162. The monoisotopic (exact) mass is 644 g/mol. The van der Waals surface area contributed by atoms with Crippen molar-refractivity contribution in [2.24, 2.45) is 5.41 Å². The standard InChI is InChI=1S/C36H46N3O6Si/c1-33(2,3)39-30(40)35(22-25-13-11-10-12-14-25,36(39,31(41)42)46(8)9)23-27-19-20-37-29(21-27)38(32(43)45-34(4,5)6)24-26-15-17-28(44-7)18-16-26/h10-21H,22-24H2,1-9H3,(H,41,42)/t35-,36-/m1/s1. The third kappa shape index (κ3) is 6.53. The van der Waals surface area contributed by atoms with Crippen molar-refractivity contribution in [1.82, 2.24) is 9.88 Å². The molecule has 0 aliphatic carbocycles. The highest BCUT2D eigenvalue weighted by molar-refractivity contribution is 6.66. The number of carboxylic acid groups (broad SMARTS) is 1. The first-order valence-corrected chi connectivity index (χ1v) is 18.0. The number of nitrogens with zero attached hydrogens (tertiary/aromatic N) is 3. The van der Waals surface area contributed by atoms with E-state index in [0.717, 1.165) is 11.1 Å². The van der Waals surface area contributed by atoms with Gasteiger partial charge >= 0.3 is 12.1 Å². The number of carbonyl (C=O) groups is 3. The van der Waals surface area contributed by atoms with Gasteiger partial charge in [0.2, 0.25) is 5.91 Å². The van der Waals surface area contributed by atoms with Gasteiger partial charge in [0.05, 0.1) is 27.9 Å². The maximum atomic E-state index is 14.5. The van der Waals surface area contributed by atoms with E-state index in [1.807, 2.05) is 88.5 Å². The van der Waals surface area contributed by atoms with Gasteiger partial charge in [-0.3, -0.25) is 9.69 Å². The fourth-order valence-electron chi connectivity index (χ4n) is 6.66.